The minimum absolute atomic E-state index is 0.0541. The molecule has 0 aromatic heterocycles. The number of nitrogens with zero attached hydrogens (tertiary/aromatic N) is 1. The van der Waals surface area contributed by atoms with E-state index in [0.717, 1.165) is 34.7 Å². The smallest absolute Gasteiger partial charge is 0.238 e. The molecule has 0 bridgehead atoms. The van der Waals surface area contributed by atoms with Crippen LogP contribution in [0.4, 0.5) is 17.1 Å². The van der Waals surface area contributed by atoms with Gasteiger partial charge in [-0.1, -0.05) is 17.7 Å². The molecule has 0 aliphatic carbocycles. The molecule has 0 radical (unpaired) electrons. The second kappa shape index (κ2) is 6.85. The topological polar surface area (TPSA) is 75.4 Å². The second-order valence-corrected chi connectivity index (χ2v) is 8.12. The molecule has 0 saturated heterocycles. The van der Waals surface area contributed by atoms with E-state index in [1.807, 2.05) is 24.3 Å². The number of nitrogens with one attached hydrogen (secondary N) is 1. The van der Waals surface area contributed by atoms with Crippen molar-refractivity contribution >= 4 is 52.2 Å². The number of benzene rings is 2. The van der Waals surface area contributed by atoms with E-state index in [4.69, 9.17) is 17.3 Å². The number of hydrogen-bond donors (Lipinski definition) is 2. The van der Waals surface area contributed by atoms with Crippen molar-refractivity contribution in [2.24, 2.45) is 0 Å². The SMILES string of the molecule is Nc1cccc2c1CCCN2C(=O)CC1Sc2ccc(Cl)cc2NC1=O. The average molecular weight is 388 g/mol. The lowest BCUT2D eigenvalue weighted by Crippen LogP contribution is -2.40. The third-order valence-electron chi connectivity index (χ3n) is 4.71. The number of carbonyl (C=O) groups excluding carboxylic acids is 2. The molecule has 1 atom stereocenters. The van der Waals surface area contributed by atoms with Crippen molar-refractivity contribution < 1.29 is 9.59 Å². The number of hydrogen-bond acceptors (Lipinski definition) is 4. The maximum absolute atomic E-state index is 12.9. The van der Waals surface area contributed by atoms with Crippen LogP contribution in [-0.2, 0) is 16.0 Å². The fourth-order valence-corrected chi connectivity index (χ4v) is 4.69. The molecule has 2 amide bonds. The lowest BCUT2D eigenvalue weighted by atomic mass is 9.99. The van der Waals surface area contributed by atoms with Gasteiger partial charge in [0, 0.05) is 34.3 Å². The molecule has 4 rings (SSSR count). The lowest BCUT2D eigenvalue weighted by Gasteiger charge is -2.32. The zero-order valence-electron chi connectivity index (χ0n) is 14.0. The highest BCUT2D eigenvalue weighted by Gasteiger charge is 2.32. The number of carbonyl (C=O) groups is 2. The Morgan fingerprint density at radius 1 is 1.35 bits per heavy atom. The molecule has 26 heavy (non-hydrogen) atoms. The van der Waals surface area contributed by atoms with Gasteiger partial charge in [0.05, 0.1) is 10.9 Å². The van der Waals surface area contributed by atoms with Crippen molar-refractivity contribution in [1.29, 1.82) is 0 Å². The first kappa shape index (κ1) is 17.2. The zero-order chi connectivity index (χ0) is 18.3. The van der Waals surface area contributed by atoms with Gasteiger partial charge in [0.15, 0.2) is 0 Å². The summed E-state index contributed by atoms with van der Waals surface area (Å²) in [7, 11) is 0. The van der Waals surface area contributed by atoms with Gasteiger partial charge in [0.25, 0.3) is 0 Å². The van der Waals surface area contributed by atoms with Crippen LogP contribution in [0, 0.1) is 0 Å². The minimum Gasteiger partial charge on any atom is -0.398 e. The summed E-state index contributed by atoms with van der Waals surface area (Å²) < 4.78 is 0. The van der Waals surface area contributed by atoms with Crippen molar-refractivity contribution in [3.63, 3.8) is 0 Å². The van der Waals surface area contributed by atoms with Crippen molar-refractivity contribution in [2.75, 3.05) is 22.5 Å². The molecular formula is C19H18ClN3O2S. The number of thioether (sulfide) groups is 1. The largest absolute Gasteiger partial charge is 0.398 e. The lowest BCUT2D eigenvalue weighted by molar-refractivity contribution is -0.122. The van der Waals surface area contributed by atoms with E-state index in [0.29, 0.717) is 17.3 Å². The third kappa shape index (κ3) is 3.15. The Morgan fingerprint density at radius 3 is 3.04 bits per heavy atom. The predicted molar refractivity (Wildman–Crippen MR) is 106 cm³/mol. The molecule has 2 aromatic carbocycles. The van der Waals surface area contributed by atoms with E-state index in [-0.39, 0.29) is 18.2 Å². The van der Waals surface area contributed by atoms with Gasteiger partial charge in [0.2, 0.25) is 11.8 Å². The molecule has 5 nitrogen and oxygen atoms in total. The quantitative estimate of drug-likeness (QED) is 0.770. The Labute approximate surface area is 160 Å². The first-order chi connectivity index (χ1) is 12.5. The van der Waals surface area contributed by atoms with Gasteiger partial charge < -0.3 is 16.0 Å². The molecule has 2 heterocycles. The molecule has 7 heteroatoms. The molecule has 1 unspecified atom stereocenters. The van der Waals surface area contributed by atoms with Crippen molar-refractivity contribution in [3.8, 4) is 0 Å². The van der Waals surface area contributed by atoms with Gasteiger partial charge in [-0.2, -0.15) is 0 Å². The van der Waals surface area contributed by atoms with Crippen LogP contribution in [-0.4, -0.2) is 23.6 Å². The number of anilines is 3. The van der Waals surface area contributed by atoms with Gasteiger partial charge in [-0.05, 0) is 48.7 Å². The summed E-state index contributed by atoms with van der Waals surface area (Å²) in [5, 5.41) is 2.97. The maximum atomic E-state index is 12.9. The van der Waals surface area contributed by atoms with Crippen LogP contribution in [0.5, 0.6) is 0 Å². The average Bonchev–Trinajstić information content (AvgIpc) is 2.62. The number of halogens is 1. The molecule has 2 aromatic rings. The Morgan fingerprint density at radius 2 is 2.19 bits per heavy atom. The van der Waals surface area contributed by atoms with Gasteiger partial charge in [-0.25, -0.2) is 0 Å². The monoisotopic (exact) mass is 387 g/mol. The van der Waals surface area contributed by atoms with E-state index in [2.05, 4.69) is 5.32 Å². The third-order valence-corrected chi connectivity index (χ3v) is 6.22. The molecule has 0 spiro atoms. The van der Waals surface area contributed by atoms with Crippen LogP contribution in [0.1, 0.15) is 18.4 Å². The molecule has 3 N–H and O–H groups in total. The van der Waals surface area contributed by atoms with Crippen LogP contribution in [0.3, 0.4) is 0 Å². The molecule has 134 valence electrons. The van der Waals surface area contributed by atoms with Crippen molar-refractivity contribution in [3.05, 3.63) is 47.0 Å². The minimum atomic E-state index is -0.456. The Kier molecular flexibility index (Phi) is 4.54. The summed E-state index contributed by atoms with van der Waals surface area (Å²) in [6.45, 7) is 0.653. The van der Waals surface area contributed by atoms with Crippen molar-refractivity contribution in [1.82, 2.24) is 0 Å². The van der Waals surface area contributed by atoms with Gasteiger partial charge in [-0.3, -0.25) is 9.59 Å². The molecule has 2 aliphatic rings. The normalized spacial score (nSPS) is 18.7. The fourth-order valence-electron chi connectivity index (χ4n) is 3.44. The first-order valence-corrected chi connectivity index (χ1v) is 9.73. The summed E-state index contributed by atoms with van der Waals surface area (Å²) in [4.78, 5) is 28.0. The standard InChI is InChI=1S/C19H18ClN3O2S/c20-11-6-7-16-14(9-11)22-19(25)17(26-16)10-18(24)23-8-2-3-12-13(21)4-1-5-15(12)23/h1,4-7,9,17H,2-3,8,10,21H2,(H,22,25). The molecule has 0 fully saturated rings. The number of nitrogens with two attached hydrogens (primary N) is 1. The van der Waals surface area contributed by atoms with Gasteiger partial charge in [-0.15, -0.1) is 11.8 Å². The van der Waals surface area contributed by atoms with Crippen LogP contribution in [0.15, 0.2) is 41.3 Å². The van der Waals surface area contributed by atoms with Crippen LogP contribution in [0.2, 0.25) is 5.02 Å². The summed E-state index contributed by atoms with van der Waals surface area (Å²) >= 11 is 7.38. The van der Waals surface area contributed by atoms with E-state index >= 15 is 0 Å². The predicted octanol–water partition coefficient (Wildman–Crippen LogP) is 3.70. The Balaban J connectivity index is 1.54. The van der Waals surface area contributed by atoms with Gasteiger partial charge in [0.1, 0.15) is 0 Å². The van der Waals surface area contributed by atoms with Crippen LogP contribution < -0.4 is 16.0 Å². The highest BCUT2D eigenvalue weighted by Crippen LogP contribution is 2.39. The Bertz CT molecular complexity index is 902. The molecule has 2 aliphatic heterocycles. The van der Waals surface area contributed by atoms with Crippen molar-refractivity contribution in [2.45, 2.75) is 29.4 Å². The number of fused-ring (bicyclic) bond motifs is 2. The summed E-state index contributed by atoms with van der Waals surface area (Å²) in [5.74, 6) is -0.218. The van der Waals surface area contributed by atoms with Gasteiger partial charge >= 0.3 is 0 Å². The maximum Gasteiger partial charge on any atom is 0.238 e. The molecule has 0 saturated carbocycles. The van der Waals surface area contributed by atoms with E-state index in [9.17, 15) is 9.59 Å². The second-order valence-electron chi connectivity index (χ2n) is 6.43. The highest BCUT2D eigenvalue weighted by atomic mass is 35.5. The molecular weight excluding hydrogens is 370 g/mol. The Hall–Kier alpha value is -2.18. The fraction of sp³-hybridized carbons (Fsp3) is 0.263. The van der Waals surface area contributed by atoms with Crippen LogP contribution in [0.25, 0.3) is 0 Å². The van der Waals surface area contributed by atoms with E-state index in [1.165, 1.54) is 11.8 Å². The van der Waals surface area contributed by atoms with E-state index in [1.54, 1.807) is 17.0 Å². The number of rotatable bonds is 2. The number of amides is 2. The summed E-state index contributed by atoms with van der Waals surface area (Å²) in [6, 6.07) is 11.0. The highest BCUT2D eigenvalue weighted by molar-refractivity contribution is 8.01. The summed E-state index contributed by atoms with van der Waals surface area (Å²) in [6.07, 6.45) is 1.89. The van der Waals surface area contributed by atoms with E-state index < -0.39 is 5.25 Å². The zero-order valence-corrected chi connectivity index (χ0v) is 15.6. The summed E-state index contributed by atoms with van der Waals surface area (Å²) in [5.41, 5.74) is 9.37. The number of nitrogen functional groups attached to an aromatic ring is 1. The van der Waals surface area contributed by atoms with Crippen LogP contribution >= 0.6 is 23.4 Å². The first-order valence-electron chi connectivity index (χ1n) is 8.48.